The maximum atomic E-state index is 11.6. The number of rotatable bonds is 28. The smallest absolute Gasteiger partial charge is 0.293 e. The molecule has 0 aliphatic heterocycles. The van der Waals surface area contributed by atoms with Gasteiger partial charge in [0.1, 0.15) is 6.54 Å². The minimum atomic E-state index is -0.419. The topological polar surface area (TPSA) is 52.4 Å². The van der Waals surface area contributed by atoms with Crippen molar-refractivity contribution < 1.29 is 14.9 Å². The predicted octanol–water partition coefficient (Wildman–Crippen LogP) is 8.87. The van der Waals surface area contributed by atoms with Gasteiger partial charge in [0.15, 0.2) is 0 Å². The van der Waals surface area contributed by atoms with E-state index in [4.69, 9.17) is 5.26 Å². The van der Waals surface area contributed by atoms with E-state index in [2.05, 4.69) is 23.6 Å². The average molecular weight is 485 g/mol. The van der Waals surface area contributed by atoms with Crippen molar-refractivity contribution >= 4 is 5.97 Å². The zero-order valence-electron chi connectivity index (χ0n) is 23.4. The third-order valence-corrected chi connectivity index (χ3v) is 7.12. The van der Waals surface area contributed by atoms with Gasteiger partial charge in [-0.1, -0.05) is 155 Å². The van der Waals surface area contributed by atoms with E-state index < -0.39 is 5.97 Å². The Kier molecular flexibility index (Phi) is 28.1. The van der Waals surface area contributed by atoms with E-state index in [-0.39, 0.29) is 6.54 Å². The van der Waals surface area contributed by atoms with E-state index in [0.717, 1.165) is 25.9 Å². The fraction of sp³-hybridized carbons (Fsp3) is 0.967. The number of carbonyl (C=O) groups excluding carboxylic acids is 1. The molecule has 204 valence electrons. The van der Waals surface area contributed by atoms with E-state index in [1.54, 1.807) is 0 Å². The fourth-order valence-corrected chi connectivity index (χ4v) is 4.84. The van der Waals surface area contributed by atoms with Gasteiger partial charge in [-0.25, -0.2) is 10.1 Å². The summed E-state index contributed by atoms with van der Waals surface area (Å²) in [4.78, 5) is 18.0. The lowest BCUT2D eigenvalue weighted by molar-refractivity contribution is -0.235. The molecule has 0 amide bonds. The van der Waals surface area contributed by atoms with Crippen molar-refractivity contribution in [3.63, 3.8) is 0 Å². The van der Waals surface area contributed by atoms with Crippen LogP contribution in [0.4, 0.5) is 0 Å². The number of hydrogen-bond acceptors (Lipinski definition) is 3. The first kappa shape index (κ1) is 33.4. The highest BCUT2D eigenvalue weighted by molar-refractivity contribution is 5.70. The number of carbonyl (C=O) groups is 1. The summed E-state index contributed by atoms with van der Waals surface area (Å²) < 4.78 is 0. The summed E-state index contributed by atoms with van der Waals surface area (Å²) in [6.45, 7) is 6.76. The van der Waals surface area contributed by atoms with Gasteiger partial charge in [-0.05, 0) is 25.9 Å². The molecule has 4 nitrogen and oxygen atoms in total. The second-order valence-electron chi connectivity index (χ2n) is 10.5. The molecule has 34 heavy (non-hydrogen) atoms. The van der Waals surface area contributed by atoms with Gasteiger partial charge in [0, 0.05) is 0 Å². The molecule has 0 fully saturated rings. The van der Waals surface area contributed by atoms with E-state index in [0.29, 0.717) is 0 Å². The third kappa shape index (κ3) is 26.0. The molecular formula is C30H62NO3+. The third-order valence-electron chi connectivity index (χ3n) is 7.12. The molecule has 0 atom stereocenters. The Hall–Kier alpha value is -0.610. The Morgan fingerprint density at radius 2 is 0.765 bits per heavy atom. The van der Waals surface area contributed by atoms with Crippen LogP contribution in [0.2, 0.25) is 0 Å². The average Bonchev–Trinajstić information content (AvgIpc) is 2.84. The molecule has 0 aliphatic carbocycles. The normalized spacial score (nSPS) is 11.4. The number of hydrogen-bond donors (Lipinski definition) is 0. The first-order valence-electron chi connectivity index (χ1n) is 15.3. The van der Waals surface area contributed by atoms with Gasteiger partial charge < -0.3 is 0 Å². The van der Waals surface area contributed by atoms with Gasteiger partial charge in [0.2, 0.25) is 0 Å². The van der Waals surface area contributed by atoms with Crippen LogP contribution in [0, 0.1) is 0 Å². The van der Waals surface area contributed by atoms with Gasteiger partial charge in [-0.3, -0.25) is 4.90 Å². The minimum Gasteiger partial charge on any atom is -0.293 e. The van der Waals surface area contributed by atoms with Crippen molar-refractivity contribution in [1.29, 1.82) is 0 Å². The predicted molar refractivity (Wildman–Crippen MR) is 148 cm³/mol. The molecule has 0 radical (unpaired) electrons. The molecule has 0 aromatic rings. The van der Waals surface area contributed by atoms with E-state index >= 15 is 0 Å². The summed E-state index contributed by atoms with van der Waals surface area (Å²) in [5.74, 6) is -0.419. The van der Waals surface area contributed by atoms with Crippen LogP contribution in [-0.2, 0) is 9.68 Å². The Bertz CT molecular complexity index is 375. The Morgan fingerprint density at radius 3 is 1.03 bits per heavy atom. The maximum Gasteiger partial charge on any atom is 0.403 e. The molecule has 0 bridgehead atoms. The second-order valence-corrected chi connectivity index (χ2v) is 10.5. The zero-order chi connectivity index (χ0) is 25.0. The highest BCUT2D eigenvalue weighted by atomic mass is 17.1. The largest absolute Gasteiger partial charge is 0.403 e. The highest BCUT2D eigenvalue weighted by Crippen LogP contribution is 2.14. The minimum absolute atomic E-state index is 0.277. The lowest BCUT2D eigenvalue weighted by Gasteiger charge is -2.20. The number of nitrogens with zero attached hydrogens (tertiary/aromatic N) is 1. The van der Waals surface area contributed by atoms with Crippen LogP contribution >= 0.6 is 0 Å². The summed E-state index contributed by atoms with van der Waals surface area (Å²) in [7, 11) is 0. The molecule has 0 aromatic heterocycles. The van der Waals surface area contributed by atoms with Crippen LogP contribution in [0.5, 0.6) is 0 Å². The van der Waals surface area contributed by atoms with E-state index in [9.17, 15) is 4.79 Å². The molecule has 0 aliphatic rings. The van der Waals surface area contributed by atoms with Crippen LogP contribution in [0.15, 0.2) is 0 Å². The molecule has 0 aromatic carbocycles. The molecule has 0 spiro atoms. The summed E-state index contributed by atoms with van der Waals surface area (Å²) in [5.41, 5.74) is 0. The molecule has 0 rings (SSSR count). The van der Waals surface area contributed by atoms with E-state index in [1.807, 2.05) is 0 Å². The standard InChI is InChI=1S/C30H61NO3/c1-3-5-7-9-11-13-15-17-19-21-23-25-27-31(29-30(32)34-33)28-26-24-22-20-18-16-14-12-10-8-6-4-2/h33H,3-29H2,1-2H3/p+1. The molecule has 0 saturated carbocycles. The summed E-state index contributed by atoms with van der Waals surface area (Å²) in [5, 5.41) is 6.87. The lowest BCUT2D eigenvalue weighted by Crippen LogP contribution is -2.32. The second kappa shape index (κ2) is 28.6. The van der Waals surface area contributed by atoms with Crippen LogP contribution in [0.25, 0.3) is 0 Å². The molecule has 0 unspecified atom stereocenters. The molecular weight excluding hydrogens is 422 g/mol. The molecule has 0 saturated heterocycles. The van der Waals surface area contributed by atoms with Crippen molar-refractivity contribution in [1.82, 2.24) is 4.90 Å². The fourth-order valence-electron chi connectivity index (χ4n) is 4.84. The van der Waals surface area contributed by atoms with Crippen LogP contribution in [0.1, 0.15) is 168 Å². The van der Waals surface area contributed by atoms with Crippen molar-refractivity contribution in [2.75, 3.05) is 19.6 Å². The van der Waals surface area contributed by atoms with Crippen LogP contribution in [0.3, 0.4) is 0 Å². The lowest BCUT2D eigenvalue weighted by atomic mass is 10.0. The van der Waals surface area contributed by atoms with Crippen molar-refractivity contribution in [3.05, 3.63) is 0 Å². The van der Waals surface area contributed by atoms with Gasteiger partial charge in [-0.15, -0.1) is 0 Å². The van der Waals surface area contributed by atoms with E-state index in [1.165, 1.54) is 141 Å². The summed E-state index contributed by atoms with van der Waals surface area (Å²) >= 11 is 0. The van der Waals surface area contributed by atoms with Crippen molar-refractivity contribution in [2.45, 2.75) is 168 Å². The molecule has 4 heteroatoms. The monoisotopic (exact) mass is 484 g/mol. The first-order chi connectivity index (χ1) is 16.7. The Morgan fingerprint density at radius 1 is 0.500 bits per heavy atom. The van der Waals surface area contributed by atoms with Gasteiger partial charge >= 0.3 is 5.97 Å². The van der Waals surface area contributed by atoms with Crippen molar-refractivity contribution in [3.8, 4) is 0 Å². The van der Waals surface area contributed by atoms with Gasteiger partial charge in [0.05, 0.1) is 0 Å². The Labute approximate surface area is 213 Å². The summed E-state index contributed by atoms with van der Waals surface area (Å²) in [6, 6.07) is 0. The Balaban J connectivity index is 3.63. The SMILES string of the molecule is CCCCCCCCCCCCCCN(CCCCCCCCCCCCCC)CC(=O)O[OH2+]. The van der Waals surface area contributed by atoms with Crippen LogP contribution in [-0.4, -0.2) is 35.8 Å². The maximum absolute atomic E-state index is 11.6. The number of unbranched alkanes of at least 4 members (excludes halogenated alkanes) is 22. The van der Waals surface area contributed by atoms with Crippen LogP contribution < -0.4 is 0 Å². The first-order valence-corrected chi connectivity index (χ1v) is 15.3. The zero-order valence-corrected chi connectivity index (χ0v) is 23.4. The van der Waals surface area contributed by atoms with Crippen molar-refractivity contribution in [2.24, 2.45) is 0 Å². The molecule has 0 heterocycles. The summed E-state index contributed by atoms with van der Waals surface area (Å²) in [6.07, 6.45) is 32.5. The van der Waals surface area contributed by atoms with Gasteiger partial charge in [0.25, 0.3) is 0 Å². The van der Waals surface area contributed by atoms with Gasteiger partial charge in [-0.2, -0.15) is 4.89 Å². The highest BCUT2D eigenvalue weighted by Gasteiger charge is 2.13. The quantitative estimate of drug-likeness (QED) is 0.0482. The molecule has 2 N–H and O–H groups in total.